The maximum absolute atomic E-state index is 5.85. The van der Waals surface area contributed by atoms with Gasteiger partial charge >= 0.3 is 0 Å². The topological polar surface area (TPSA) is 73.1 Å². The fourth-order valence-corrected chi connectivity index (χ4v) is 1.54. The standard InChI is InChI=1S/C11H11BrN4O/c1-14-10-9(13)11(16-6-15-10)17-8-4-2-7(12)3-5-8/h2-6H,13H2,1H3,(H,14,15,16). The molecule has 0 atom stereocenters. The Hall–Kier alpha value is -1.82. The highest BCUT2D eigenvalue weighted by molar-refractivity contribution is 9.10. The van der Waals surface area contributed by atoms with Crippen LogP contribution in [0, 0.1) is 0 Å². The van der Waals surface area contributed by atoms with Gasteiger partial charge in [0.05, 0.1) is 0 Å². The number of hydrogen-bond donors (Lipinski definition) is 2. The fraction of sp³-hybridized carbons (Fsp3) is 0.0909. The molecule has 0 saturated carbocycles. The first-order valence-electron chi connectivity index (χ1n) is 4.92. The monoisotopic (exact) mass is 294 g/mol. The summed E-state index contributed by atoms with van der Waals surface area (Å²) in [4.78, 5) is 7.97. The summed E-state index contributed by atoms with van der Waals surface area (Å²) in [5.74, 6) is 1.56. The lowest BCUT2D eigenvalue weighted by atomic mass is 10.3. The highest BCUT2D eigenvalue weighted by Crippen LogP contribution is 2.29. The summed E-state index contributed by atoms with van der Waals surface area (Å²) in [6, 6.07) is 7.41. The third-order valence-corrected chi connectivity index (χ3v) is 2.64. The van der Waals surface area contributed by atoms with Crippen molar-refractivity contribution in [2.45, 2.75) is 0 Å². The van der Waals surface area contributed by atoms with E-state index in [1.165, 1.54) is 6.33 Å². The van der Waals surface area contributed by atoms with E-state index in [1.807, 2.05) is 24.3 Å². The molecule has 88 valence electrons. The average molecular weight is 295 g/mol. The van der Waals surface area contributed by atoms with Gasteiger partial charge in [0, 0.05) is 11.5 Å². The van der Waals surface area contributed by atoms with E-state index < -0.39 is 0 Å². The second-order valence-corrected chi connectivity index (χ2v) is 4.16. The first kappa shape index (κ1) is 11.7. The maximum atomic E-state index is 5.85. The molecule has 5 nitrogen and oxygen atoms in total. The SMILES string of the molecule is CNc1ncnc(Oc2ccc(Br)cc2)c1N. The highest BCUT2D eigenvalue weighted by atomic mass is 79.9. The summed E-state index contributed by atoms with van der Waals surface area (Å²) in [6.45, 7) is 0. The molecule has 0 bridgehead atoms. The number of nitrogens with two attached hydrogens (primary N) is 1. The Kier molecular flexibility index (Phi) is 3.43. The van der Waals surface area contributed by atoms with E-state index in [-0.39, 0.29) is 0 Å². The minimum atomic E-state index is 0.340. The molecule has 3 N–H and O–H groups in total. The van der Waals surface area contributed by atoms with Crippen molar-refractivity contribution >= 4 is 27.4 Å². The van der Waals surface area contributed by atoms with Gasteiger partial charge in [-0.3, -0.25) is 0 Å². The van der Waals surface area contributed by atoms with E-state index in [0.29, 0.717) is 23.1 Å². The lowest BCUT2D eigenvalue weighted by Gasteiger charge is -2.09. The first-order valence-corrected chi connectivity index (χ1v) is 5.71. The molecule has 0 saturated heterocycles. The van der Waals surface area contributed by atoms with Crippen LogP contribution in [0.1, 0.15) is 0 Å². The molecule has 6 heteroatoms. The normalized spacial score (nSPS) is 10.0. The van der Waals surface area contributed by atoms with Gasteiger partial charge < -0.3 is 15.8 Å². The highest BCUT2D eigenvalue weighted by Gasteiger charge is 2.08. The maximum Gasteiger partial charge on any atom is 0.248 e. The van der Waals surface area contributed by atoms with Gasteiger partial charge in [-0.1, -0.05) is 15.9 Å². The van der Waals surface area contributed by atoms with Crippen LogP contribution in [0.15, 0.2) is 35.1 Å². The fourth-order valence-electron chi connectivity index (χ4n) is 1.27. The molecule has 0 aliphatic heterocycles. The number of halogens is 1. The molecule has 0 spiro atoms. The number of ether oxygens (including phenoxy) is 1. The molecule has 17 heavy (non-hydrogen) atoms. The smallest absolute Gasteiger partial charge is 0.248 e. The van der Waals surface area contributed by atoms with Crippen molar-refractivity contribution in [1.29, 1.82) is 0 Å². The van der Waals surface area contributed by atoms with Crippen LogP contribution in [0.25, 0.3) is 0 Å². The van der Waals surface area contributed by atoms with Crippen molar-refractivity contribution in [3.63, 3.8) is 0 Å². The van der Waals surface area contributed by atoms with Crippen LogP contribution in [-0.2, 0) is 0 Å². The number of nitrogen functional groups attached to an aromatic ring is 1. The number of rotatable bonds is 3. The van der Waals surface area contributed by atoms with Gasteiger partial charge in [0.25, 0.3) is 0 Å². The number of nitrogens with zero attached hydrogens (tertiary/aromatic N) is 2. The first-order chi connectivity index (χ1) is 8.20. The summed E-state index contributed by atoms with van der Waals surface area (Å²) in [7, 11) is 1.74. The van der Waals surface area contributed by atoms with Crippen molar-refractivity contribution in [2.75, 3.05) is 18.1 Å². The van der Waals surface area contributed by atoms with Gasteiger partial charge in [0.2, 0.25) is 5.88 Å². The Balaban J connectivity index is 2.27. The van der Waals surface area contributed by atoms with Gasteiger partial charge in [-0.25, -0.2) is 4.98 Å². The Bertz CT molecular complexity index is 515. The Morgan fingerprint density at radius 2 is 1.94 bits per heavy atom. The van der Waals surface area contributed by atoms with Gasteiger partial charge in [-0.15, -0.1) is 0 Å². The van der Waals surface area contributed by atoms with E-state index in [9.17, 15) is 0 Å². The molecule has 1 aromatic heterocycles. The van der Waals surface area contributed by atoms with E-state index in [4.69, 9.17) is 10.5 Å². The summed E-state index contributed by atoms with van der Waals surface area (Å²) >= 11 is 3.35. The van der Waals surface area contributed by atoms with E-state index in [1.54, 1.807) is 7.05 Å². The number of aromatic nitrogens is 2. The summed E-state index contributed by atoms with van der Waals surface area (Å²) in [5.41, 5.74) is 6.24. The third kappa shape index (κ3) is 2.65. The second kappa shape index (κ2) is 5.01. The largest absolute Gasteiger partial charge is 0.437 e. The zero-order valence-electron chi connectivity index (χ0n) is 9.14. The lowest BCUT2D eigenvalue weighted by Crippen LogP contribution is -2.02. The van der Waals surface area contributed by atoms with Gasteiger partial charge in [0.1, 0.15) is 17.8 Å². The Labute approximate surface area is 107 Å². The Morgan fingerprint density at radius 1 is 1.24 bits per heavy atom. The molecule has 0 unspecified atom stereocenters. The molecule has 0 amide bonds. The molecule has 2 rings (SSSR count). The van der Waals surface area contributed by atoms with Crippen LogP contribution < -0.4 is 15.8 Å². The molecule has 1 aromatic carbocycles. The van der Waals surface area contributed by atoms with E-state index in [0.717, 1.165) is 4.47 Å². The number of nitrogens with one attached hydrogen (secondary N) is 1. The zero-order chi connectivity index (χ0) is 12.3. The van der Waals surface area contributed by atoms with Crippen molar-refractivity contribution in [3.8, 4) is 11.6 Å². The molecular formula is C11H11BrN4O. The van der Waals surface area contributed by atoms with Crippen molar-refractivity contribution in [2.24, 2.45) is 0 Å². The molecule has 0 radical (unpaired) electrons. The number of benzene rings is 1. The lowest BCUT2D eigenvalue weighted by molar-refractivity contribution is 0.464. The van der Waals surface area contributed by atoms with Crippen molar-refractivity contribution in [1.82, 2.24) is 9.97 Å². The second-order valence-electron chi connectivity index (χ2n) is 3.25. The van der Waals surface area contributed by atoms with Crippen LogP contribution in [0.5, 0.6) is 11.6 Å². The quantitative estimate of drug-likeness (QED) is 0.910. The van der Waals surface area contributed by atoms with Crippen molar-refractivity contribution < 1.29 is 4.74 Å². The zero-order valence-corrected chi connectivity index (χ0v) is 10.7. The predicted octanol–water partition coefficient (Wildman–Crippen LogP) is 2.66. The summed E-state index contributed by atoms with van der Waals surface area (Å²) in [5, 5.41) is 2.87. The molecule has 2 aromatic rings. The minimum Gasteiger partial charge on any atom is -0.437 e. The van der Waals surface area contributed by atoms with Gasteiger partial charge in [-0.2, -0.15) is 4.98 Å². The van der Waals surface area contributed by atoms with Crippen LogP contribution >= 0.6 is 15.9 Å². The predicted molar refractivity (Wildman–Crippen MR) is 70.2 cm³/mol. The minimum absolute atomic E-state index is 0.340. The third-order valence-electron chi connectivity index (χ3n) is 2.11. The summed E-state index contributed by atoms with van der Waals surface area (Å²) < 4.78 is 6.55. The van der Waals surface area contributed by atoms with Gasteiger partial charge in [-0.05, 0) is 24.3 Å². The van der Waals surface area contributed by atoms with Crippen LogP contribution in [0.2, 0.25) is 0 Å². The van der Waals surface area contributed by atoms with Crippen LogP contribution in [0.4, 0.5) is 11.5 Å². The molecule has 0 aliphatic carbocycles. The average Bonchev–Trinajstić information content (AvgIpc) is 2.35. The van der Waals surface area contributed by atoms with E-state index >= 15 is 0 Å². The Morgan fingerprint density at radius 3 is 2.59 bits per heavy atom. The number of hydrogen-bond acceptors (Lipinski definition) is 5. The molecule has 0 fully saturated rings. The number of anilines is 2. The van der Waals surface area contributed by atoms with Crippen molar-refractivity contribution in [3.05, 3.63) is 35.1 Å². The van der Waals surface area contributed by atoms with Crippen LogP contribution in [-0.4, -0.2) is 17.0 Å². The van der Waals surface area contributed by atoms with Crippen LogP contribution in [0.3, 0.4) is 0 Å². The molecular weight excluding hydrogens is 284 g/mol. The molecule has 1 heterocycles. The molecule has 0 aliphatic rings. The van der Waals surface area contributed by atoms with Gasteiger partial charge in [0.15, 0.2) is 5.82 Å². The summed E-state index contributed by atoms with van der Waals surface area (Å²) in [6.07, 6.45) is 1.40. The van der Waals surface area contributed by atoms with E-state index in [2.05, 4.69) is 31.2 Å².